The van der Waals surface area contributed by atoms with Crippen LogP contribution in [0.3, 0.4) is 0 Å². The fourth-order valence-corrected chi connectivity index (χ4v) is 7.85. The van der Waals surface area contributed by atoms with E-state index in [1.807, 2.05) is 31.2 Å². The van der Waals surface area contributed by atoms with Crippen LogP contribution in [0.5, 0.6) is 0 Å². The Morgan fingerprint density at radius 1 is 0.857 bits per heavy atom. The van der Waals surface area contributed by atoms with Crippen LogP contribution in [0, 0.1) is 6.92 Å². The lowest BCUT2D eigenvalue weighted by molar-refractivity contribution is -0.116. The number of rotatable bonds is 9. The van der Waals surface area contributed by atoms with Gasteiger partial charge in [0.1, 0.15) is 0 Å². The SMILES string of the molecule is Cc1ccccc1CN(CC(=O)Nc1ccc2c(c1)N(S(=O)(=O)c1ccc(Cl)cc1)CC2)S(=O)(=O)c1ccc(Cl)cc1. The summed E-state index contributed by atoms with van der Waals surface area (Å²) in [5.74, 6) is -0.578. The Morgan fingerprint density at radius 3 is 2.12 bits per heavy atom. The fourth-order valence-electron chi connectivity index (χ4n) is 4.73. The molecule has 12 heteroatoms. The highest BCUT2D eigenvalue weighted by Crippen LogP contribution is 2.35. The van der Waals surface area contributed by atoms with Crippen LogP contribution in [-0.2, 0) is 37.8 Å². The van der Waals surface area contributed by atoms with Crippen molar-refractivity contribution >= 4 is 60.5 Å². The summed E-state index contributed by atoms with van der Waals surface area (Å²) in [5, 5.41) is 3.57. The van der Waals surface area contributed by atoms with Gasteiger partial charge >= 0.3 is 0 Å². The number of carbonyl (C=O) groups excluding carboxylic acids is 1. The number of halogens is 2. The minimum absolute atomic E-state index is 0.00821. The molecule has 0 spiro atoms. The van der Waals surface area contributed by atoms with Crippen molar-refractivity contribution in [3.05, 3.63) is 118 Å². The number of nitrogens with zero attached hydrogens (tertiary/aromatic N) is 2. The minimum atomic E-state index is -4.07. The van der Waals surface area contributed by atoms with Crippen molar-refractivity contribution in [2.24, 2.45) is 0 Å². The molecule has 4 aromatic carbocycles. The Hall–Kier alpha value is -3.41. The monoisotopic (exact) mass is 643 g/mol. The molecule has 1 amide bonds. The Kier molecular flexibility index (Phi) is 8.63. The van der Waals surface area contributed by atoms with Crippen molar-refractivity contribution in [1.29, 1.82) is 0 Å². The molecule has 0 aliphatic carbocycles. The van der Waals surface area contributed by atoms with E-state index in [0.29, 0.717) is 27.8 Å². The summed E-state index contributed by atoms with van der Waals surface area (Å²) in [5.41, 5.74) is 3.25. The van der Waals surface area contributed by atoms with Gasteiger partial charge in [0.15, 0.2) is 0 Å². The quantitative estimate of drug-likeness (QED) is 0.245. The molecule has 0 atom stereocenters. The number of hydrogen-bond acceptors (Lipinski definition) is 5. The summed E-state index contributed by atoms with van der Waals surface area (Å²) >= 11 is 11.9. The van der Waals surface area contributed by atoms with Gasteiger partial charge in [-0.15, -0.1) is 0 Å². The van der Waals surface area contributed by atoms with Gasteiger partial charge in [-0.2, -0.15) is 4.31 Å². The average Bonchev–Trinajstić information content (AvgIpc) is 3.38. The van der Waals surface area contributed by atoms with Crippen LogP contribution in [0.1, 0.15) is 16.7 Å². The average molecular weight is 645 g/mol. The molecule has 42 heavy (non-hydrogen) atoms. The van der Waals surface area contributed by atoms with Crippen LogP contribution in [0.4, 0.5) is 11.4 Å². The summed E-state index contributed by atoms with van der Waals surface area (Å²) in [4.78, 5) is 13.4. The van der Waals surface area contributed by atoms with Gasteiger partial charge in [0, 0.05) is 28.8 Å². The van der Waals surface area contributed by atoms with Crippen molar-refractivity contribution < 1.29 is 21.6 Å². The lowest BCUT2D eigenvalue weighted by atomic mass is 10.1. The summed E-state index contributed by atoms with van der Waals surface area (Å²) in [6.45, 7) is 1.63. The number of aryl methyl sites for hydroxylation is 1. The molecular formula is C30H27Cl2N3O5S2. The lowest BCUT2D eigenvalue weighted by Gasteiger charge is -2.23. The van der Waals surface area contributed by atoms with Crippen molar-refractivity contribution in [3.63, 3.8) is 0 Å². The first-order chi connectivity index (χ1) is 19.9. The van der Waals surface area contributed by atoms with Gasteiger partial charge in [-0.3, -0.25) is 9.10 Å². The van der Waals surface area contributed by atoms with Gasteiger partial charge in [0.2, 0.25) is 15.9 Å². The van der Waals surface area contributed by atoms with E-state index in [1.54, 1.807) is 18.2 Å². The third-order valence-electron chi connectivity index (χ3n) is 7.00. The second-order valence-corrected chi connectivity index (χ2v) is 14.5. The maximum atomic E-state index is 13.6. The number of anilines is 2. The van der Waals surface area contributed by atoms with E-state index in [2.05, 4.69) is 5.32 Å². The van der Waals surface area contributed by atoms with Gasteiger partial charge in [0.25, 0.3) is 10.0 Å². The molecule has 1 heterocycles. The highest BCUT2D eigenvalue weighted by Gasteiger charge is 2.32. The molecule has 0 saturated carbocycles. The van der Waals surface area contributed by atoms with Gasteiger partial charge in [0.05, 0.1) is 22.0 Å². The Morgan fingerprint density at radius 2 is 1.48 bits per heavy atom. The van der Waals surface area contributed by atoms with Crippen LogP contribution in [0.2, 0.25) is 10.0 Å². The molecule has 4 aromatic rings. The fraction of sp³-hybridized carbons (Fsp3) is 0.167. The molecule has 218 valence electrons. The van der Waals surface area contributed by atoms with E-state index >= 15 is 0 Å². The van der Waals surface area contributed by atoms with Crippen molar-refractivity contribution in [2.45, 2.75) is 29.7 Å². The number of sulfonamides is 2. The molecule has 8 nitrogen and oxygen atoms in total. The normalized spacial score (nSPS) is 13.3. The first-order valence-corrected chi connectivity index (χ1v) is 16.6. The number of carbonyl (C=O) groups is 1. The van der Waals surface area contributed by atoms with E-state index in [0.717, 1.165) is 21.0 Å². The van der Waals surface area contributed by atoms with E-state index in [1.165, 1.54) is 52.8 Å². The number of nitrogens with one attached hydrogen (secondary N) is 1. The van der Waals surface area contributed by atoms with Gasteiger partial charge in [-0.05, 0) is 90.7 Å². The van der Waals surface area contributed by atoms with Crippen molar-refractivity contribution in [2.75, 3.05) is 22.7 Å². The molecule has 0 radical (unpaired) electrons. The van der Waals surface area contributed by atoms with Gasteiger partial charge < -0.3 is 5.32 Å². The largest absolute Gasteiger partial charge is 0.325 e. The Labute approximate surface area is 255 Å². The number of hydrogen-bond donors (Lipinski definition) is 1. The minimum Gasteiger partial charge on any atom is -0.325 e. The molecule has 1 aliphatic rings. The first-order valence-electron chi connectivity index (χ1n) is 13.0. The Balaban J connectivity index is 1.40. The van der Waals surface area contributed by atoms with Crippen LogP contribution in [0.15, 0.2) is 101 Å². The van der Waals surface area contributed by atoms with Gasteiger partial charge in [-0.1, -0.05) is 53.5 Å². The summed E-state index contributed by atoms with van der Waals surface area (Å²) in [7, 11) is -7.93. The van der Waals surface area contributed by atoms with E-state index in [4.69, 9.17) is 23.2 Å². The molecule has 1 aliphatic heterocycles. The van der Waals surface area contributed by atoms with E-state index in [-0.39, 0.29) is 22.9 Å². The van der Waals surface area contributed by atoms with Crippen LogP contribution >= 0.6 is 23.2 Å². The van der Waals surface area contributed by atoms with E-state index < -0.39 is 32.5 Å². The first kappa shape index (κ1) is 30.1. The summed E-state index contributed by atoms with van der Waals surface area (Å²) < 4.78 is 56.4. The topological polar surface area (TPSA) is 104 Å². The molecular weight excluding hydrogens is 617 g/mol. The third-order valence-corrected chi connectivity index (χ3v) is 11.1. The predicted octanol–water partition coefficient (Wildman–Crippen LogP) is 5.88. The van der Waals surface area contributed by atoms with Crippen molar-refractivity contribution in [1.82, 2.24) is 4.31 Å². The van der Waals surface area contributed by atoms with Gasteiger partial charge in [-0.25, -0.2) is 16.8 Å². The molecule has 0 fully saturated rings. The highest BCUT2D eigenvalue weighted by molar-refractivity contribution is 7.92. The maximum Gasteiger partial charge on any atom is 0.264 e. The lowest BCUT2D eigenvalue weighted by Crippen LogP contribution is -2.37. The van der Waals surface area contributed by atoms with Crippen molar-refractivity contribution in [3.8, 4) is 0 Å². The van der Waals surface area contributed by atoms with Crippen LogP contribution < -0.4 is 9.62 Å². The number of benzene rings is 4. The summed E-state index contributed by atoms with van der Waals surface area (Å²) in [6, 6.07) is 24.1. The Bertz CT molecular complexity index is 1850. The second-order valence-electron chi connectivity index (χ2n) is 9.83. The predicted molar refractivity (Wildman–Crippen MR) is 165 cm³/mol. The summed E-state index contributed by atoms with van der Waals surface area (Å²) in [6.07, 6.45) is 0.514. The number of amides is 1. The second kappa shape index (κ2) is 12.1. The molecule has 0 unspecified atom stereocenters. The van der Waals surface area contributed by atoms with Crippen LogP contribution in [-0.4, -0.2) is 40.1 Å². The zero-order valence-corrected chi connectivity index (χ0v) is 25.6. The molecule has 0 bridgehead atoms. The molecule has 0 aromatic heterocycles. The van der Waals surface area contributed by atoms with Crippen LogP contribution in [0.25, 0.3) is 0 Å². The zero-order valence-electron chi connectivity index (χ0n) is 22.5. The standard InChI is InChI=1S/C30H27Cl2N3O5S2/c1-21-4-2-3-5-23(21)19-34(41(37,38)27-12-7-24(31)8-13-27)20-30(36)33-26-11-6-22-16-17-35(29(22)18-26)42(39,40)28-14-9-25(32)10-15-28/h2-15,18H,16-17,19-20H2,1H3,(H,33,36). The molecule has 1 N–H and O–H groups in total. The van der Waals surface area contributed by atoms with E-state index in [9.17, 15) is 21.6 Å². The highest BCUT2D eigenvalue weighted by atomic mass is 35.5. The zero-order chi connectivity index (χ0) is 30.1. The smallest absolute Gasteiger partial charge is 0.264 e. The maximum absolute atomic E-state index is 13.6. The number of fused-ring (bicyclic) bond motifs is 1. The molecule has 0 saturated heterocycles. The molecule has 5 rings (SSSR count). The third kappa shape index (κ3) is 6.33.